The van der Waals surface area contributed by atoms with E-state index in [-0.39, 0.29) is 5.82 Å². The normalized spacial score (nSPS) is 10.3. The van der Waals surface area contributed by atoms with Crippen LogP contribution in [-0.2, 0) is 6.54 Å². The number of hydrogen-bond acceptors (Lipinski definition) is 3. The Morgan fingerprint density at radius 3 is 2.62 bits per heavy atom. The van der Waals surface area contributed by atoms with Crippen molar-refractivity contribution in [2.45, 2.75) is 20.4 Å². The number of hydrogen-bond donors (Lipinski definition) is 1. The standard InChI is InChI=1S/C17H20FNO2/c1-4-21-16-10-13(8-9-15(16)20-3)11-19-17-12(2)6-5-7-14(17)18/h5-10,19H,4,11H2,1-3H3. The molecule has 3 nitrogen and oxygen atoms in total. The van der Waals surface area contributed by atoms with E-state index in [4.69, 9.17) is 9.47 Å². The molecule has 0 fully saturated rings. The van der Waals surface area contributed by atoms with Crippen LogP contribution < -0.4 is 14.8 Å². The molecule has 0 aliphatic rings. The van der Waals surface area contributed by atoms with Gasteiger partial charge in [-0.05, 0) is 43.2 Å². The average Bonchev–Trinajstić information content (AvgIpc) is 2.47. The number of nitrogens with one attached hydrogen (secondary N) is 1. The molecule has 0 radical (unpaired) electrons. The van der Waals surface area contributed by atoms with E-state index in [9.17, 15) is 4.39 Å². The Bertz CT molecular complexity index is 593. The molecule has 0 bridgehead atoms. The molecule has 0 aromatic heterocycles. The Balaban J connectivity index is 2.15. The third kappa shape index (κ3) is 3.66. The van der Waals surface area contributed by atoms with Crippen molar-refractivity contribution in [2.75, 3.05) is 19.0 Å². The van der Waals surface area contributed by atoms with E-state index in [0.29, 0.717) is 30.3 Å². The summed E-state index contributed by atoms with van der Waals surface area (Å²) in [5, 5.41) is 3.13. The molecule has 112 valence electrons. The van der Waals surface area contributed by atoms with E-state index in [2.05, 4.69) is 5.32 Å². The molecule has 0 unspecified atom stereocenters. The lowest BCUT2D eigenvalue weighted by Gasteiger charge is -2.13. The highest BCUT2D eigenvalue weighted by Gasteiger charge is 2.07. The summed E-state index contributed by atoms with van der Waals surface area (Å²) in [6, 6.07) is 10.7. The molecule has 0 heterocycles. The minimum absolute atomic E-state index is 0.242. The Labute approximate surface area is 124 Å². The van der Waals surface area contributed by atoms with E-state index in [0.717, 1.165) is 11.1 Å². The van der Waals surface area contributed by atoms with Crippen LogP contribution in [0.25, 0.3) is 0 Å². The molecule has 0 amide bonds. The van der Waals surface area contributed by atoms with E-state index in [1.165, 1.54) is 6.07 Å². The van der Waals surface area contributed by atoms with Crippen LogP contribution >= 0.6 is 0 Å². The van der Waals surface area contributed by atoms with Crippen molar-refractivity contribution < 1.29 is 13.9 Å². The average molecular weight is 289 g/mol. The summed E-state index contributed by atoms with van der Waals surface area (Å²) in [5.74, 6) is 1.15. The second-order valence-corrected chi connectivity index (χ2v) is 4.70. The molecule has 0 aliphatic carbocycles. The zero-order chi connectivity index (χ0) is 15.2. The number of ether oxygens (including phenoxy) is 2. The van der Waals surface area contributed by atoms with Crippen LogP contribution in [0.15, 0.2) is 36.4 Å². The van der Waals surface area contributed by atoms with E-state index in [1.807, 2.05) is 38.1 Å². The number of aryl methyl sites for hydroxylation is 1. The lowest BCUT2D eigenvalue weighted by molar-refractivity contribution is 0.310. The van der Waals surface area contributed by atoms with Crippen molar-refractivity contribution in [3.05, 3.63) is 53.3 Å². The lowest BCUT2D eigenvalue weighted by Crippen LogP contribution is -2.04. The van der Waals surface area contributed by atoms with Crippen molar-refractivity contribution in [1.29, 1.82) is 0 Å². The zero-order valence-corrected chi connectivity index (χ0v) is 12.6. The van der Waals surface area contributed by atoms with E-state index < -0.39 is 0 Å². The number of anilines is 1. The van der Waals surface area contributed by atoms with Gasteiger partial charge in [0.15, 0.2) is 11.5 Å². The molecule has 0 saturated heterocycles. The summed E-state index contributed by atoms with van der Waals surface area (Å²) >= 11 is 0. The number of benzene rings is 2. The monoisotopic (exact) mass is 289 g/mol. The molecule has 1 N–H and O–H groups in total. The summed E-state index contributed by atoms with van der Waals surface area (Å²) in [7, 11) is 1.61. The Morgan fingerprint density at radius 1 is 1.14 bits per heavy atom. The fourth-order valence-corrected chi connectivity index (χ4v) is 2.15. The zero-order valence-electron chi connectivity index (χ0n) is 12.6. The largest absolute Gasteiger partial charge is 0.493 e. The molecule has 0 aliphatic heterocycles. The number of methoxy groups -OCH3 is 1. The highest BCUT2D eigenvalue weighted by Crippen LogP contribution is 2.28. The van der Waals surface area contributed by atoms with E-state index >= 15 is 0 Å². The van der Waals surface area contributed by atoms with Crippen molar-refractivity contribution in [3.8, 4) is 11.5 Å². The first-order valence-electron chi connectivity index (χ1n) is 6.94. The summed E-state index contributed by atoms with van der Waals surface area (Å²) in [4.78, 5) is 0. The maximum atomic E-state index is 13.8. The van der Waals surface area contributed by atoms with Crippen LogP contribution in [0, 0.1) is 12.7 Å². The topological polar surface area (TPSA) is 30.5 Å². The molecular formula is C17H20FNO2. The lowest BCUT2D eigenvalue weighted by atomic mass is 10.1. The third-order valence-electron chi connectivity index (χ3n) is 3.22. The molecule has 2 aromatic rings. The van der Waals surface area contributed by atoms with Gasteiger partial charge >= 0.3 is 0 Å². The SMILES string of the molecule is CCOc1cc(CNc2c(C)cccc2F)ccc1OC. The molecule has 2 aromatic carbocycles. The minimum atomic E-state index is -0.242. The van der Waals surface area contributed by atoms with Gasteiger partial charge in [0.2, 0.25) is 0 Å². The summed E-state index contributed by atoms with van der Waals surface area (Å²) in [5.41, 5.74) is 2.42. The Hall–Kier alpha value is -2.23. The van der Waals surface area contributed by atoms with Gasteiger partial charge in [0, 0.05) is 6.54 Å². The number of para-hydroxylation sites is 1. The Morgan fingerprint density at radius 2 is 1.95 bits per heavy atom. The van der Waals surface area contributed by atoms with Gasteiger partial charge in [-0.2, -0.15) is 0 Å². The molecular weight excluding hydrogens is 269 g/mol. The summed E-state index contributed by atoms with van der Waals surface area (Å²) < 4.78 is 24.6. The molecule has 0 atom stereocenters. The first-order chi connectivity index (χ1) is 10.2. The molecule has 4 heteroatoms. The van der Waals surface area contributed by atoms with Crippen molar-refractivity contribution in [2.24, 2.45) is 0 Å². The Kier molecular flexibility index (Phi) is 5.04. The van der Waals surface area contributed by atoms with Crippen LogP contribution in [0.5, 0.6) is 11.5 Å². The molecule has 0 saturated carbocycles. The van der Waals surface area contributed by atoms with E-state index in [1.54, 1.807) is 13.2 Å². The van der Waals surface area contributed by atoms with Gasteiger partial charge < -0.3 is 14.8 Å². The second kappa shape index (κ2) is 6.97. The van der Waals surface area contributed by atoms with Crippen LogP contribution in [0.2, 0.25) is 0 Å². The highest BCUT2D eigenvalue weighted by atomic mass is 19.1. The van der Waals surface area contributed by atoms with Crippen LogP contribution in [0.4, 0.5) is 10.1 Å². The fraction of sp³-hybridized carbons (Fsp3) is 0.294. The van der Waals surface area contributed by atoms with Crippen molar-refractivity contribution >= 4 is 5.69 Å². The summed E-state index contributed by atoms with van der Waals surface area (Å²) in [6.07, 6.45) is 0. The van der Waals surface area contributed by atoms with Crippen LogP contribution in [-0.4, -0.2) is 13.7 Å². The quantitative estimate of drug-likeness (QED) is 0.866. The first-order valence-corrected chi connectivity index (χ1v) is 6.94. The first kappa shape index (κ1) is 15.2. The van der Waals surface area contributed by atoms with Gasteiger partial charge in [0.1, 0.15) is 5.82 Å². The second-order valence-electron chi connectivity index (χ2n) is 4.70. The smallest absolute Gasteiger partial charge is 0.161 e. The van der Waals surface area contributed by atoms with Gasteiger partial charge in [0.25, 0.3) is 0 Å². The van der Waals surface area contributed by atoms with Gasteiger partial charge in [0.05, 0.1) is 19.4 Å². The van der Waals surface area contributed by atoms with Crippen LogP contribution in [0.3, 0.4) is 0 Å². The number of halogens is 1. The van der Waals surface area contributed by atoms with Crippen molar-refractivity contribution in [1.82, 2.24) is 0 Å². The summed E-state index contributed by atoms with van der Waals surface area (Å²) in [6.45, 7) is 4.89. The molecule has 0 spiro atoms. The van der Waals surface area contributed by atoms with Crippen LogP contribution in [0.1, 0.15) is 18.1 Å². The predicted molar refractivity (Wildman–Crippen MR) is 82.6 cm³/mol. The minimum Gasteiger partial charge on any atom is -0.493 e. The van der Waals surface area contributed by atoms with Gasteiger partial charge in [-0.1, -0.05) is 18.2 Å². The number of rotatable bonds is 6. The maximum absolute atomic E-state index is 13.8. The maximum Gasteiger partial charge on any atom is 0.161 e. The van der Waals surface area contributed by atoms with Crippen molar-refractivity contribution in [3.63, 3.8) is 0 Å². The van der Waals surface area contributed by atoms with Gasteiger partial charge in [-0.15, -0.1) is 0 Å². The van der Waals surface area contributed by atoms with Gasteiger partial charge in [-0.25, -0.2) is 4.39 Å². The molecule has 21 heavy (non-hydrogen) atoms. The predicted octanol–water partition coefficient (Wildman–Crippen LogP) is 4.15. The highest BCUT2D eigenvalue weighted by molar-refractivity contribution is 5.52. The molecule has 2 rings (SSSR count). The fourth-order valence-electron chi connectivity index (χ4n) is 2.15. The van der Waals surface area contributed by atoms with Gasteiger partial charge in [-0.3, -0.25) is 0 Å². The third-order valence-corrected chi connectivity index (χ3v) is 3.22.